The van der Waals surface area contributed by atoms with Gasteiger partial charge in [0.05, 0.1) is 11.3 Å². The van der Waals surface area contributed by atoms with Crippen molar-refractivity contribution in [2.75, 3.05) is 5.32 Å². The molecule has 1 amide bonds. The topological polar surface area (TPSA) is 66.4 Å². The van der Waals surface area contributed by atoms with Gasteiger partial charge in [-0.15, -0.1) is 0 Å². The van der Waals surface area contributed by atoms with Crippen molar-refractivity contribution >= 4 is 33.5 Å². The Balaban J connectivity index is 2.97. The van der Waals surface area contributed by atoms with E-state index in [1.54, 1.807) is 12.1 Å². The molecular formula is C13H16BrNO3. The Kier molecular flexibility index (Phi) is 4.51. The lowest BCUT2D eigenvalue weighted by atomic mass is 9.92. The third-order valence-corrected chi connectivity index (χ3v) is 2.86. The van der Waals surface area contributed by atoms with Crippen LogP contribution in [0.2, 0.25) is 0 Å². The average Bonchev–Trinajstić information content (AvgIpc) is 2.17. The van der Waals surface area contributed by atoms with Crippen molar-refractivity contribution < 1.29 is 14.7 Å². The van der Waals surface area contributed by atoms with Gasteiger partial charge in [-0.3, -0.25) is 4.79 Å². The number of carbonyl (C=O) groups is 2. The molecule has 0 heterocycles. The van der Waals surface area contributed by atoms with Crippen molar-refractivity contribution in [1.82, 2.24) is 0 Å². The molecule has 1 rings (SSSR count). The predicted molar refractivity (Wildman–Crippen MR) is 73.8 cm³/mol. The molecular weight excluding hydrogens is 298 g/mol. The molecule has 0 unspecified atom stereocenters. The summed E-state index contributed by atoms with van der Waals surface area (Å²) in [4.78, 5) is 22.9. The van der Waals surface area contributed by atoms with Gasteiger partial charge < -0.3 is 10.4 Å². The summed E-state index contributed by atoms with van der Waals surface area (Å²) in [5.41, 5.74) is 0.236. The van der Waals surface area contributed by atoms with E-state index in [1.807, 2.05) is 20.8 Å². The van der Waals surface area contributed by atoms with Gasteiger partial charge >= 0.3 is 5.97 Å². The summed E-state index contributed by atoms with van der Waals surface area (Å²) in [5.74, 6) is -1.26. The Morgan fingerprint density at radius 3 is 2.44 bits per heavy atom. The molecule has 0 aliphatic carbocycles. The number of aromatic carboxylic acids is 1. The second-order valence-electron chi connectivity index (χ2n) is 5.25. The van der Waals surface area contributed by atoms with E-state index in [2.05, 4.69) is 21.2 Å². The van der Waals surface area contributed by atoms with E-state index < -0.39 is 5.97 Å². The second-order valence-corrected chi connectivity index (χ2v) is 6.11. The molecule has 0 bridgehead atoms. The Morgan fingerprint density at radius 1 is 1.33 bits per heavy atom. The number of amides is 1. The van der Waals surface area contributed by atoms with Gasteiger partial charge in [0.1, 0.15) is 0 Å². The van der Waals surface area contributed by atoms with E-state index in [4.69, 9.17) is 5.11 Å². The fourth-order valence-electron chi connectivity index (χ4n) is 1.49. The first-order chi connectivity index (χ1) is 8.20. The fourth-order valence-corrected chi connectivity index (χ4v) is 1.96. The number of hydrogen-bond acceptors (Lipinski definition) is 2. The van der Waals surface area contributed by atoms with E-state index >= 15 is 0 Å². The van der Waals surface area contributed by atoms with E-state index in [0.717, 1.165) is 0 Å². The maximum atomic E-state index is 11.8. The van der Waals surface area contributed by atoms with Crippen molar-refractivity contribution in [2.24, 2.45) is 5.41 Å². The lowest BCUT2D eigenvalue weighted by molar-refractivity contribution is -0.117. The summed E-state index contributed by atoms with van der Waals surface area (Å²) in [7, 11) is 0. The summed E-state index contributed by atoms with van der Waals surface area (Å²) < 4.78 is 0.560. The van der Waals surface area contributed by atoms with Crippen LogP contribution in [-0.2, 0) is 4.79 Å². The highest BCUT2D eigenvalue weighted by Gasteiger charge is 2.19. The van der Waals surface area contributed by atoms with Crippen LogP contribution in [-0.4, -0.2) is 17.0 Å². The quantitative estimate of drug-likeness (QED) is 0.897. The van der Waals surface area contributed by atoms with Gasteiger partial charge in [0, 0.05) is 10.9 Å². The first-order valence-electron chi connectivity index (χ1n) is 5.52. The smallest absolute Gasteiger partial charge is 0.337 e. The number of benzene rings is 1. The van der Waals surface area contributed by atoms with Crippen LogP contribution < -0.4 is 5.32 Å². The summed E-state index contributed by atoms with van der Waals surface area (Å²) in [6.45, 7) is 5.85. The Hall–Kier alpha value is -1.36. The van der Waals surface area contributed by atoms with Crippen LogP contribution in [0.5, 0.6) is 0 Å². The maximum Gasteiger partial charge on any atom is 0.337 e. The molecule has 0 fully saturated rings. The third-order valence-electron chi connectivity index (χ3n) is 2.20. The van der Waals surface area contributed by atoms with Crippen molar-refractivity contribution in [3.05, 3.63) is 28.2 Å². The number of nitrogens with one attached hydrogen (secondary N) is 1. The van der Waals surface area contributed by atoms with Crippen LogP contribution in [0.1, 0.15) is 37.6 Å². The van der Waals surface area contributed by atoms with Crippen molar-refractivity contribution in [1.29, 1.82) is 0 Å². The average molecular weight is 314 g/mol. The highest BCUT2D eigenvalue weighted by molar-refractivity contribution is 9.10. The van der Waals surface area contributed by atoms with Crippen molar-refractivity contribution in [2.45, 2.75) is 27.2 Å². The molecule has 0 atom stereocenters. The van der Waals surface area contributed by atoms with Gasteiger partial charge in [0.15, 0.2) is 0 Å². The lowest BCUT2D eigenvalue weighted by Crippen LogP contribution is -2.21. The van der Waals surface area contributed by atoms with Gasteiger partial charge in [-0.05, 0) is 33.5 Å². The number of halogens is 1. The van der Waals surface area contributed by atoms with Crippen molar-refractivity contribution in [3.8, 4) is 0 Å². The number of carbonyl (C=O) groups excluding carboxylic acids is 1. The molecule has 98 valence electrons. The number of carboxylic acid groups (broad SMARTS) is 1. The molecule has 0 spiro atoms. The first kappa shape index (κ1) is 14.7. The molecule has 0 aliphatic rings. The molecule has 5 heteroatoms. The highest BCUT2D eigenvalue weighted by Crippen LogP contribution is 2.28. The van der Waals surface area contributed by atoms with Crippen LogP contribution in [0.15, 0.2) is 22.7 Å². The minimum Gasteiger partial charge on any atom is -0.478 e. The van der Waals surface area contributed by atoms with Crippen LogP contribution >= 0.6 is 15.9 Å². The molecule has 0 aromatic heterocycles. The van der Waals surface area contributed by atoms with Crippen LogP contribution in [0.3, 0.4) is 0 Å². The highest BCUT2D eigenvalue weighted by atomic mass is 79.9. The lowest BCUT2D eigenvalue weighted by Gasteiger charge is -2.18. The molecule has 1 aromatic rings. The second kappa shape index (κ2) is 5.52. The number of carboxylic acids is 1. The number of hydrogen-bond donors (Lipinski definition) is 2. The standard InChI is InChI=1S/C13H16BrNO3/c1-13(2,3)7-10(16)15-11-8(12(17)18)5-4-6-9(11)14/h4-6H,7H2,1-3H3,(H,15,16)(H,17,18). The van der Waals surface area contributed by atoms with E-state index in [1.165, 1.54) is 6.07 Å². The van der Waals surface area contributed by atoms with Gasteiger partial charge in [-0.25, -0.2) is 4.79 Å². The molecule has 0 saturated carbocycles. The molecule has 2 N–H and O–H groups in total. The zero-order valence-electron chi connectivity index (χ0n) is 10.6. The van der Waals surface area contributed by atoms with E-state index in [-0.39, 0.29) is 16.9 Å². The Morgan fingerprint density at radius 2 is 1.94 bits per heavy atom. The zero-order valence-corrected chi connectivity index (χ0v) is 12.2. The Labute approximate surface area is 115 Å². The summed E-state index contributed by atoms with van der Waals surface area (Å²) in [5, 5.41) is 11.7. The zero-order chi connectivity index (χ0) is 13.9. The van der Waals surface area contributed by atoms with Gasteiger partial charge in [0.2, 0.25) is 5.91 Å². The van der Waals surface area contributed by atoms with Crippen molar-refractivity contribution in [3.63, 3.8) is 0 Å². The van der Waals surface area contributed by atoms with Crippen LogP contribution in [0.4, 0.5) is 5.69 Å². The molecule has 18 heavy (non-hydrogen) atoms. The Bertz CT molecular complexity index is 478. The normalized spacial score (nSPS) is 11.1. The number of para-hydroxylation sites is 1. The minimum atomic E-state index is -1.07. The predicted octanol–water partition coefficient (Wildman–Crippen LogP) is 3.52. The molecule has 0 aliphatic heterocycles. The molecule has 4 nitrogen and oxygen atoms in total. The fraction of sp³-hybridized carbons (Fsp3) is 0.385. The van der Waals surface area contributed by atoms with Gasteiger partial charge in [-0.2, -0.15) is 0 Å². The minimum absolute atomic E-state index is 0.0756. The first-order valence-corrected chi connectivity index (χ1v) is 6.31. The SMILES string of the molecule is CC(C)(C)CC(=O)Nc1c(Br)cccc1C(=O)O. The number of rotatable bonds is 3. The van der Waals surface area contributed by atoms with Crippen LogP contribution in [0.25, 0.3) is 0 Å². The summed E-state index contributed by atoms with van der Waals surface area (Å²) >= 11 is 3.25. The van der Waals surface area contributed by atoms with Gasteiger partial charge in [0.25, 0.3) is 0 Å². The van der Waals surface area contributed by atoms with E-state index in [0.29, 0.717) is 16.6 Å². The molecule has 0 saturated heterocycles. The van der Waals surface area contributed by atoms with E-state index in [9.17, 15) is 9.59 Å². The third kappa shape index (κ3) is 4.14. The largest absolute Gasteiger partial charge is 0.478 e. The maximum absolute atomic E-state index is 11.8. The van der Waals surface area contributed by atoms with Crippen LogP contribution in [0, 0.1) is 5.41 Å². The molecule has 0 radical (unpaired) electrons. The number of anilines is 1. The summed E-state index contributed by atoms with van der Waals surface area (Å²) in [6, 6.07) is 4.77. The van der Waals surface area contributed by atoms with Gasteiger partial charge in [-0.1, -0.05) is 26.8 Å². The molecule has 1 aromatic carbocycles. The summed E-state index contributed by atoms with van der Waals surface area (Å²) in [6.07, 6.45) is 0.327. The monoisotopic (exact) mass is 313 g/mol.